The number of pyridine rings is 1. The number of halogens is 1. The highest BCUT2D eigenvalue weighted by Crippen LogP contribution is 2.25. The van der Waals surface area contributed by atoms with Crippen molar-refractivity contribution in [3.8, 4) is 11.5 Å². The van der Waals surface area contributed by atoms with Gasteiger partial charge in [-0.1, -0.05) is 17.7 Å². The van der Waals surface area contributed by atoms with Crippen LogP contribution in [0.4, 0.5) is 5.82 Å². The van der Waals surface area contributed by atoms with E-state index in [9.17, 15) is 0 Å². The Morgan fingerprint density at radius 1 is 1.00 bits per heavy atom. The predicted molar refractivity (Wildman–Crippen MR) is 109 cm³/mol. The predicted octanol–water partition coefficient (Wildman–Crippen LogP) is 4.32. The molecule has 3 aromatic rings. The highest BCUT2D eigenvalue weighted by Gasteiger charge is 2.14. The van der Waals surface area contributed by atoms with E-state index in [-0.39, 0.29) is 0 Å². The van der Waals surface area contributed by atoms with Crippen LogP contribution in [0.5, 0.6) is 0 Å². The van der Waals surface area contributed by atoms with E-state index in [0.717, 1.165) is 59.2 Å². The van der Waals surface area contributed by atoms with Crippen molar-refractivity contribution >= 4 is 29.2 Å². The average molecular weight is 399 g/mol. The molecule has 7 heteroatoms. The number of hydrogen-bond acceptors (Lipinski definition) is 6. The van der Waals surface area contributed by atoms with E-state index in [4.69, 9.17) is 26.3 Å². The van der Waals surface area contributed by atoms with Gasteiger partial charge in [0.1, 0.15) is 11.5 Å². The third-order valence-corrected chi connectivity index (χ3v) is 5.51. The van der Waals surface area contributed by atoms with E-state index in [1.54, 1.807) is 18.0 Å². The minimum Gasteiger partial charge on any atom is -0.378 e. The zero-order valence-corrected chi connectivity index (χ0v) is 16.3. The normalized spacial score (nSPS) is 14.3. The quantitative estimate of drug-likeness (QED) is 0.596. The lowest BCUT2D eigenvalue weighted by Gasteiger charge is -2.27. The molecule has 0 amide bonds. The molecule has 1 fully saturated rings. The van der Waals surface area contributed by atoms with Crippen molar-refractivity contribution in [2.75, 3.05) is 31.2 Å². The molecule has 3 heterocycles. The Morgan fingerprint density at radius 2 is 1.81 bits per heavy atom. The zero-order valence-electron chi connectivity index (χ0n) is 14.7. The minimum absolute atomic E-state index is 0.650. The van der Waals surface area contributed by atoms with Gasteiger partial charge < -0.3 is 9.64 Å². The number of benzene rings is 1. The van der Waals surface area contributed by atoms with Crippen LogP contribution >= 0.6 is 23.4 Å². The first-order chi connectivity index (χ1) is 13.3. The minimum atomic E-state index is 0.650. The number of nitrogens with zero attached hydrogens (tertiary/aromatic N) is 4. The van der Waals surface area contributed by atoms with Gasteiger partial charge in [-0.05, 0) is 42.5 Å². The van der Waals surface area contributed by atoms with Crippen molar-refractivity contribution < 1.29 is 4.74 Å². The van der Waals surface area contributed by atoms with Crippen LogP contribution < -0.4 is 4.90 Å². The second-order valence-electron chi connectivity index (χ2n) is 6.09. The SMILES string of the molecule is Clc1ccc(SCc2cccc(-c3nccc(N4CCOCC4)n3)n2)cc1. The summed E-state index contributed by atoms with van der Waals surface area (Å²) in [5.41, 5.74) is 1.78. The van der Waals surface area contributed by atoms with Gasteiger partial charge in [0.05, 0.1) is 18.9 Å². The molecule has 0 atom stereocenters. The van der Waals surface area contributed by atoms with Crippen molar-refractivity contribution in [2.45, 2.75) is 10.6 Å². The van der Waals surface area contributed by atoms with E-state index in [2.05, 4.69) is 9.88 Å². The average Bonchev–Trinajstić information content (AvgIpc) is 2.74. The van der Waals surface area contributed by atoms with Gasteiger partial charge >= 0.3 is 0 Å². The fourth-order valence-corrected chi connectivity index (χ4v) is 3.74. The van der Waals surface area contributed by atoms with Crippen LogP contribution in [0.25, 0.3) is 11.5 Å². The van der Waals surface area contributed by atoms with Gasteiger partial charge in [-0.15, -0.1) is 11.8 Å². The molecule has 0 aliphatic carbocycles. The van der Waals surface area contributed by atoms with E-state index in [1.807, 2.05) is 48.5 Å². The molecular weight excluding hydrogens is 380 g/mol. The monoisotopic (exact) mass is 398 g/mol. The molecular formula is C20H19ClN4OS. The molecule has 2 aromatic heterocycles. The molecule has 0 saturated carbocycles. The fourth-order valence-electron chi connectivity index (χ4n) is 2.81. The molecule has 1 aliphatic heterocycles. The molecule has 138 valence electrons. The molecule has 0 spiro atoms. The Bertz CT molecular complexity index is 900. The third kappa shape index (κ3) is 4.77. The lowest BCUT2D eigenvalue weighted by Crippen LogP contribution is -2.36. The Hall–Kier alpha value is -2.15. The maximum Gasteiger partial charge on any atom is 0.180 e. The number of ether oxygens (including phenoxy) is 1. The highest BCUT2D eigenvalue weighted by atomic mass is 35.5. The van der Waals surface area contributed by atoms with E-state index in [0.29, 0.717) is 5.82 Å². The van der Waals surface area contributed by atoms with Crippen LogP contribution in [0.2, 0.25) is 5.02 Å². The van der Waals surface area contributed by atoms with E-state index in [1.165, 1.54) is 0 Å². The molecule has 0 unspecified atom stereocenters. The van der Waals surface area contributed by atoms with Crippen LogP contribution in [0, 0.1) is 0 Å². The number of hydrogen-bond donors (Lipinski definition) is 0. The van der Waals surface area contributed by atoms with Gasteiger partial charge in [0, 0.05) is 35.0 Å². The van der Waals surface area contributed by atoms with Crippen molar-refractivity contribution in [1.29, 1.82) is 0 Å². The summed E-state index contributed by atoms with van der Waals surface area (Å²) >= 11 is 7.67. The Kier molecular flexibility index (Phi) is 5.87. The first kappa shape index (κ1) is 18.2. The third-order valence-electron chi connectivity index (χ3n) is 4.21. The van der Waals surface area contributed by atoms with Crippen molar-refractivity contribution in [3.05, 3.63) is 65.4 Å². The molecule has 5 nitrogen and oxygen atoms in total. The van der Waals surface area contributed by atoms with Crippen molar-refractivity contribution in [1.82, 2.24) is 15.0 Å². The van der Waals surface area contributed by atoms with Crippen LogP contribution in [0.15, 0.2) is 59.6 Å². The topological polar surface area (TPSA) is 51.1 Å². The second kappa shape index (κ2) is 8.69. The summed E-state index contributed by atoms with van der Waals surface area (Å²) in [4.78, 5) is 17.3. The number of rotatable bonds is 5. The highest BCUT2D eigenvalue weighted by molar-refractivity contribution is 7.98. The second-order valence-corrected chi connectivity index (χ2v) is 7.58. The van der Waals surface area contributed by atoms with Crippen LogP contribution in [-0.2, 0) is 10.5 Å². The number of thioether (sulfide) groups is 1. The largest absolute Gasteiger partial charge is 0.378 e. The number of aromatic nitrogens is 3. The summed E-state index contributed by atoms with van der Waals surface area (Å²) in [7, 11) is 0. The smallest absolute Gasteiger partial charge is 0.180 e. The van der Waals surface area contributed by atoms with Gasteiger partial charge in [-0.3, -0.25) is 0 Å². The molecule has 1 aliphatic rings. The maximum atomic E-state index is 5.94. The standard InChI is InChI=1S/C20H19ClN4OS/c21-15-4-6-17(7-5-15)27-14-16-2-1-3-18(23-16)20-22-9-8-19(24-20)25-10-12-26-13-11-25/h1-9H,10-14H2. The molecule has 27 heavy (non-hydrogen) atoms. The van der Waals surface area contributed by atoms with Gasteiger partial charge in [0.2, 0.25) is 0 Å². The number of morpholine rings is 1. The molecule has 0 N–H and O–H groups in total. The van der Waals surface area contributed by atoms with Crippen molar-refractivity contribution in [3.63, 3.8) is 0 Å². The van der Waals surface area contributed by atoms with Crippen LogP contribution in [0.1, 0.15) is 5.69 Å². The zero-order chi connectivity index (χ0) is 18.5. The van der Waals surface area contributed by atoms with E-state index >= 15 is 0 Å². The van der Waals surface area contributed by atoms with E-state index < -0.39 is 0 Å². The summed E-state index contributed by atoms with van der Waals surface area (Å²) in [5.74, 6) is 2.35. The maximum absolute atomic E-state index is 5.94. The molecule has 0 bridgehead atoms. The molecule has 1 saturated heterocycles. The lowest BCUT2D eigenvalue weighted by atomic mass is 10.3. The van der Waals surface area contributed by atoms with Gasteiger partial charge in [0.15, 0.2) is 5.82 Å². The summed E-state index contributed by atoms with van der Waals surface area (Å²) in [6.45, 7) is 3.16. The van der Waals surface area contributed by atoms with Gasteiger partial charge in [-0.25, -0.2) is 15.0 Å². The first-order valence-electron chi connectivity index (χ1n) is 8.78. The Labute approximate surface area is 167 Å². The van der Waals surface area contributed by atoms with Crippen molar-refractivity contribution in [2.24, 2.45) is 0 Å². The molecule has 4 rings (SSSR count). The molecule has 0 radical (unpaired) electrons. The fraction of sp³-hybridized carbons (Fsp3) is 0.250. The summed E-state index contributed by atoms with van der Waals surface area (Å²) < 4.78 is 5.41. The Morgan fingerprint density at radius 3 is 2.63 bits per heavy atom. The molecule has 1 aromatic carbocycles. The summed E-state index contributed by atoms with van der Waals surface area (Å²) in [6.07, 6.45) is 1.80. The summed E-state index contributed by atoms with van der Waals surface area (Å²) in [6, 6.07) is 15.8. The van der Waals surface area contributed by atoms with Gasteiger partial charge in [-0.2, -0.15) is 0 Å². The number of anilines is 1. The summed E-state index contributed by atoms with van der Waals surface area (Å²) in [5, 5.41) is 0.747. The van der Waals surface area contributed by atoms with Gasteiger partial charge in [0.25, 0.3) is 0 Å². The first-order valence-corrected chi connectivity index (χ1v) is 10.1. The van der Waals surface area contributed by atoms with Crippen LogP contribution in [-0.4, -0.2) is 41.3 Å². The van der Waals surface area contributed by atoms with Crippen LogP contribution in [0.3, 0.4) is 0 Å². The lowest BCUT2D eigenvalue weighted by molar-refractivity contribution is 0.122. The Balaban J connectivity index is 1.49.